The summed E-state index contributed by atoms with van der Waals surface area (Å²) in [4.78, 5) is 4.16. The molecule has 13 heavy (non-hydrogen) atoms. The van der Waals surface area contributed by atoms with Crippen LogP contribution in [0.2, 0.25) is 0 Å². The summed E-state index contributed by atoms with van der Waals surface area (Å²) in [5.41, 5.74) is 2.39. The minimum absolute atomic E-state index is 0.652. The van der Waals surface area contributed by atoms with Crippen LogP contribution in [-0.4, -0.2) is 9.38 Å². The molecule has 0 bridgehead atoms. The molecule has 0 amide bonds. The summed E-state index contributed by atoms with van der Waals surface area (Å²) in [5.74, 6) is 0. The molecule has 64 valence electrons. The molecule has 0 aromatic carbocycles. The number of nitrogens with zero attached hydrogens (tertiary/aromatic N) is 3. The largest absolute Gasteiger partial charge is 0.306 e. The Bertz CT molecular complexity index is 507. The van der Waals surface area contributed by atoms with E-state index in [0.717, 1.165) is 15.7 Å². The maximum Gasteiger partial charge on any atom is 0.140 e. The molecule has 0 fully saturated rings. The van der Waals surface area contributed by atoms with Gasteiger partial charge in [-0.25, -0.2) is 4.98 Å². The Balaban J connectivity index is 2.95. The van der Waals surface area contributed by atoms with Gasteiger partial charge in [0.15, 0.2) is 0 Å². The average molecular weight is 236 g/mol. The van der Waals surface area contributed by atoms with E-state index in [9.17, 15) is 0 Å². The van der Waals surface area contributed by atoms with Crippen LogP contribution in [0.4, 0.5) is 0 Å². The molecule has 2 aromatic rings. The fourth-order valence-corrected chi connectivity index (χ4v) is 1.93. The van der Waals surface area contributed by atoms with Crippen molar-refractivity contribution in [3.63, 3.8) is 0 Å². The zero-order chi connectivity index (χ0) is 9.42. The van der Waals surface area contributed by atoms with Crippen molar-refractivity contribution in [2.75, 3.05) is 0 Å². The Morgan fingerprint density at radius 1 is 1.62 bits per heavy atom. The van der Waals surface area contributed by atoms with Crippen LogP contribution in [0.5, 0.6) is 0 Å². The second kappa shape index (κ2) is 2.86. The normalized spacial score (nSPS) is 10.2. The molecular weight excluding hydrogens is 230 g/mol. The molecular formula is C9H6BrN3. The Labute approximate surface area is 83.8 Å². The monoisotopic (exact) mass is 235 g/mol. The molecule has 0 aliphatic rings. The number of pyridine rings is 1. The zero-order valence-corrected chi connectivity index (χ0v) is 8.54. The highest BCUT2D eigenvalue weighted by Gasteiger charge is 2.08. The lowest BCUT2D eigenvalue weighted by Crippen LogP contribution is -1.92. The first-order valence-electron chi connectivity index (χ1n) is 3.76. The average Bonchev–Trinajstić information content (AvgIpc) is 2.53. The van der Waals surface area contributed by atoms with E-state index < -0.39 is 0 Å². The predicted octanol–water partition coefficient (Wildman–Crippen LogP) is 2.28. The maximum atomic E-state index is 8.88. The number of imidazole rings is 1. The topological polar surface area (TPSA) is 41.1 Å². The van der Waals surface area contributed by atoms with Gasteiger partial charge in [-0.05, 0) is 22.9 Å². The summed E-state index contributed by atoms with van der Waals surface area (Å²) in [5, 5.41) is 8.88. The van der Waals surface area contributed by atoms with Gasteiger partial charge in [0, 0.05) is 24.2 Å². The van der Waals surface area contributed by atoms with Crippen molar-refractivity contribution >= 4 is 21.6 Å². The summed E-state index contributed by atoms with van der Waals surface area (Å²) in [6, 6.07) is 2.15. The third kappa shape index (κ3) is 1.12. The molecule has 0 saturated carbocycles. The Hall–Kier alpha value is -1.34. The van der Waals surface area contributed by atoms with Crippen LogP contribution in [0, 0.1) is 18.3 Å². The van der Waals surface area contributed by atoms with Crippen LogP contribution < -0.4 is 0 Å². The van der Waals surface area contributed by atoms with Gasteiger partial charge in [0.05, 0.1) is 10.0 Å². The second-order valence-corrected chi connectivity index (χ2v) is 3.60. The Kier molecular flexibility index (Phi) is 1.82. The van der Waals surface area contributed by atoms with Gasteiger partial charge in [0.2, 0.25) is 0 Å². The molecule has 4 heteroatoms. The molecule has 0 atom stereocenters. The summed E-state index contributed by atoms with van der Waals surface area (Å²) < 4.78 is 2.69. The fourth-order valence-electron chi connectivity index (χ4n) is 1.32. The number of fused-ring (bicyclic) bond motifs is 1. The van der Waals surface area contributed by atoms with Crippen molar-refractivity contribution in [2.45, 2.75) is 6.92 Å². The van der Waals surface area contributed by atoms with Crippen molar-refractivity contribution < 1.29 is 0 Å². The van der Waals surface area contributed by atoms with E-state index in [-0.39, 0.29) is 0 Å². The molecule has 0 saturated heterocycles. The number of hydrogen-bond acceptors (Lipinski definition) is 2. The van der Waals surface area contributed by atoms with Crippen molar-refractivity contribution in [3.05, 3.63) is 34.2 Å². The highest BCUT2D eigenvalue weighted by atomic mass is 79.9. The highest BCUT2D eigenvalue weighted by Crippen LogP contribution is 2.22. The van der Waals surface area contributed by atoms with Gasteiger partial charge in [-0.15, -0.1) is 0 Å². The van der Waals surface area contributed by atoms with Gasteiger partial charge in [-0.2, -0.15) is 5.26 Å². The van der Waals surface area contributed by atoms with E-state index in [1.54, 1.807) is 6.20 Å². The summed E-state index contributed by atoms with van der Waals surface area (Å²) >= 11 is 3.34. The van der Waals surface area contributed by atoms with Gasteiger partial charge in [-0.3, -0.25) is 0 Å². The van der Waals surface area contributed by atoms with Gasteiger partial charge >= 0.3 is 0 Å². The van der Waals surface area contributed by atoms with Gasteiger partial charge in [-0.1, -0.05) is 0 Å². The fraction of sp³-hybridized carbons (Fsp3) is 0.111. The number of nitriles is 1. The second-order valence-electron chi connectivity index (χ2n) is 2.75. The number of aromatic nitrogens is 2. The van der Waals surface area contributed by atoms with Gasteiger partial charge < -0.3 is 4.40 Å². The van der Waals surface area contributed by atoms with Crippen LogP contribution in [-0.2, 0) is 0 Å². The van der Waals surface area contributed by atoms with E-state index in [0.29, 0.717) is 5.56 Å². The first-order valence-corrected chi connectivity index (χ1v) is 4.55. The molecule has 2 heterocycles. The standard InChI is InChI=1S/C9H6BrN3/c1-6-7(4-11)8(10)5-13-3-2-12-9(6)13/h2-3,5H,1H3. The van der Waals surface area contributed by atoms with Crippen molar-refractivity contribution in [3.8, 4) is 6.07 Å². The molecule has 2 rings (SSSR count). The van der Waals surface area contributed by atoms with E-state index in [1.165, 1.54) is 0 Å². The Morgan fingerprint density at radius 2 is 2.38 bits per heavy atom. The molecule has 0 aliphatic heterocycles. The molecule has 2 aromatic heterocycles. The van der Waals surface area contributed by atoms with Gasteiger partial charge in [0.1, 0.15) is 11.7 Å². The molecule has 0 radical (unpaired) electrons. The Morgan fingerprint density at radius 3 is 3.08 bits per heavy atom. The summed E-state index contributed by atoms with van der Waals surface area (Å²) in [6.07, 6.45) is 5.41. The van der Waals surface area contributed by atoms with E-state index in [4.69, 9.17) is 5.26 Å². The molecule has 0 aliphatic carbocycles. The predicted molar refractivity (Wildman–Crippen MR) is 52.3 cm³/mol. The lowest BCUT2D eigenvalue weighted by molar-refractivity contribution is 1.14. The maximum absolute atomic E-state index is 8.88. The zero-order valence-electron chi connectivity index (χ0n) is 6.95. The van der Waals surface area contributed by atoms with Crippen LogP contribution in [0.25, 0.3) is 5.65 Å². The van der Waals surface area contributed by atoms with Crippen LogP contribution >= 0.6 is 15.9 Å². The third-order valence-corrected chi connectivity index (χ3v) is 2.58. The third-order valence-electron chi connectivity index (χ3n) is 1.98. The van der Waals surface area contributed by atoms with Crippen LogP contribution in [0.1, 0.15) is 11.1 Å². The summed E-state index contributed by atoms with van der Waals surface area (Å²) in [6.45, 7) is 1.89. The van der Waals surface area contributed by atoms with E-state index >= 15 is 0 Å². The summed E-state index contributed by atoms with van der Waals surface area (Å²) in [7, 11) is 0. The quantitative estimate of drug-likeness (QED) is 0.704. The van der Waals surface area contributed by atoms with E-state index in [1.807, 2.05) is 23.7 Å². The SMILES string of the molecule is Cc1c(C#N)c(Br)cn2ccnc12. The molecule has 3 nitrogen and oxygen atoms in total. The van der Waals surface area contributed by atoms with Crippen LogP contribution in [0.15, 0.2) is 23.1 Å². The minimum Gasteiger partial charge on any atom is -0.306 e. The van der Waals surface area contributed by atoms with Crippen molar-refractivity contribution in [1.29, 1.82) is 5.26 Å². The molecule has 0 spiro atoms. The van der Waals surface area contributed by atoms with Crippen LogP contribution in [0.3, 0.4) is 0 Å². The lowest BCUT2D eigenvalue weighted by atomic mass is 10.2. The first kappa shape index (κ1) is 8.27. The highest BCUT2D eigenvalue weighted by molar-refractivity contribution is 9.10. The molecule has 0 unspecified atom stereocenters. The van der Waals surface area contributed by atoms with Crippen molar-refractivity contribution in [2.24, 2.45) is 0 Å². The lowest BCUT2D eigenvalue weighted by Gasteiger charge is -2.02. The number of hydrogen-bond donors (Lipinski definition) is 0. The first-order chi connectivity index (χ1) is 6.24. The number of aryl methyl sites for hydroxylation is 1. The number of rotatable bonds is 0. The van der Waals surface area contributed by atoms with Gasteiger partial charge in [0.25, 0.3) is 0 Å². The van der Waals surface area contributed by atoms with E-state index in [2.05, 4.69) is 27.0 Å². The molecule has 0 N–H and O–H groups in total. The van der Waals surface area contributed by atoms with Crippen molar-refractivity contribution in [1.82, 2.24) is 9.38 Å². The number of halogens is 1. The minimum atomic E-state index is 0.652. The smallest absolute Gasteiger partial charge is 0.140 e.